The molecule has 2 aliphatic heterocycles. The molecule has 0 atom stereocenters. The second kappa shape index (κ2) is 16.7. The molecule has 15 nitrogen and oxygen atoms in total. The van der Waals surface area contributed by atoms with Gasteiger partial charge in [-0.1, -0.05) is 17.3 Å². The number of allylic oxidation sites excluding steroid dienone is 1. The van der Waals surface area contributed by atoms with Crippen molar-refractivity contribution in [2.75, 3.05) is 7.11 Å². The standard InChI is InChI=1S/C23H22N6O.C20H20N4O2.C5H9NO/c1-23(2,22-26-21(28-30-22)14-3-4-14)18-10-17(11-24-12-18)15-5-7-19-16(9-15)6-8-20-27-25-13-29(19)20;1-20(2,19(25)26-3)16-9-15(10-21-11-16)13-4-6-17-14(8-13)5-7-18-23-22-12-24(17)18;6-5(3-7)4-1-2-4/h5,7,9-14H,3-4,6,8H2,1-2H3;4,6,8-12H,5,7H2,1-3H3;3-4,7H,1-2,6H2/b;;5-3+. The molecular weight excluding hydrogens is 795 g/mol. The number of fused-ring (bicyclic) bond motifs is 6. The molecule has 2 aliphatic carbocycles. The van der Waals surface area contributed by atoms with E-state index in [-0.39, 0.29) is 5.97 Å². The number of methoxy groups -OCH3 is 1. The number of hydrogen-bond acceptors (Lipinski definition) is 13. The largest absolute Gasteiger partial charge is 0.514 e. The number of nitrogens with zero attached hydrogens (tertiary/aromatic N) is 10. The quantitative estimate of drug-likeness (QED) is 0.112. The predicted molar refractivity (Wildman–Crippen MR) is 235 cm³/mol. The maximum absolute atomic E-state index is 12.1. The van der Waals surface area contributed by atoms with Gasteiger partial charge >= 0.3 is 5.97 Å². The molecule has 63 heavy (non-hydrogen) atoms. The van der Waals surface area contributed by atoms with Crippen LogP contribution in [0.25, 0.3) is 33.6 Å². The van der Waals surface area contributed by atoms with E-state index in [0.29, 0.717) is 23.4 Å². The van der Waals surface area contributed by atoms with Gasteiger partial charge in [-0.15, -0.1) is 20.4 Å². The zero-order valence-corrected chi connectivity index (χ0v) is 36.2. The lowest BCUT2D eigenvalue weighted by molar-refractivity contribution is -0.146. The molecule has 7 aromatic rings. The SMILES string of the molecule is CC(C)(c1cncc(-c2ccc3c(c2)CCc2nncn2-3)c1)c1nc(C2CC2)no1.COC(=O)C(C)(C)c1cncc(-c2ccc3c(c2)CCc2nncn2-3)c1.N/C(=C/O)C1CC1. The van der Waals surface area contributed by atoms with Crippen LogP contribution in [0.2, 0.25) is 0 Å². The number of hydrogen-bond donors (Lipinski definition) is 2. The van der Waals surface area contributed by atoms with Crippen molar-refractivity contribution in [3.8, 4) is 33.6 Å². The van der Waals surface area contributed by atoms with E-state index in [1.165, 1.54) is 18.2 Å². The molecule has 7 heterocycles. The first kappa shape index (κ1) is 41.3. The van der Waals surface area contributed by atoms with E-state index in [1.54, 1.807) is 18.9 Å². The van der Waals surface area contributed by atoms with Crippen LogP contribution < -0.4 is 5.73 Å². The van der Waals surface area contributed by atoms with Crippen LogP contribution in [0.3, 0.4) is 0 Å². The average Bonchev–Trinajstić information content (AvgIpc) is 4.18. The molecule has 0 amide bonds. The number of aliphatic hydroxyl groups is 1. The molecule has 15 heteroatoms. The second-order valence-corrected chi connectivity index (χ2v) is 17.7. The van der Waals surface area contributed by atoms with Gasteiger partial charge in [0, 0.05) is 66.3 Å². The number of benzene rings is 2. The minimum absolute atomic E-state index is 0.276. The van der Waals surface area contributed by atoms with E-state index in [9.17, 15) is 4.79 Å². The van der Waals surface area contributed by atoms with Gasteiger partial charge < -0.3 is 20.1 Å². The molecule has 0 radical (unpaired) electrons. The van der Waals surface area contributed by atoms with Crippen LogP contribution in [0.1, 0.15) is 105 Å². The van der Waals surface area contributed by atoms with Crippen molar-refractivity contribution in [1.82, 2.24) is 49.6 Å². The highest BCUT2D eigenvalue weighted by atomic mass is 16.5. The van der Waals surface area contributed by atoms with Crippen molar-refractivity contribution in [1.29, 1.82) is 0 Å². The van der Waals surface area contributed by atoms with Crippen LogP contribution in [-0.4, -0.2) is 67.8 Å². The number of aromatic nitrogens is 10. The molecule has 0 spiro atoms. The highest BCUT2D eigenvalue weighted by Gasteiger charge is 2.35. The first-order valence-corrected chi connectivity index (χ1v) is 21.4. The lowest BCUT2D eigenvalue weighted by Crippen LogP contribution is -2.30. The summed E-state index contributed by atoms with van der Waals surface area (Å²) in [6.07, 6.45) is 20.2. The Morgan fingerprint density at radius 2 is 1.32 bits per heavy atom. The summed E-state index contributed by atoms with van der Waals surface area (Å²) in [6, 6.07) is 17.1. The van der Waals surface area contributed by atoms with E-state index < -0.39 is 10.8 Å². The molecule has 2 saturated carbocycles. The number of nitrogens with two attached hydrogens (primary N) is 1. The number of aryl methyl sites for hydroxylation is 4. The van der Waals surface area contributed by atoms with Crippen molar-refractivity contribution >= 4 is 5.97 Å². The lowest BCUT2D eigenvalue weighted by Gasteiger charge is -2.22. The number of aliphatic hydroxyl groups excluding tert-OH is 1. The molecular formula is C48H51N11O4. The van der Waals surface area contributed by atoms with Crippen LogP contribution in [0, 0.1) is 5.92 Å². The summed E-state index contributed by atoms with van der Waals surface area (Å²) in [7, 11) is 1.41. The van der Waals surface area contributed by atoms with Crippen molar-refractivity contribution < 1.29 is 19.2 Å². The molecule has 3 N–H and O–H groups in total. The van der Waals surface area contributed by atoms with Gasteiger partial charge in [-0.05, 0) is 136 Å². The van der Waals surface area contributed by atoms with Crippen molar-refractivity contribution in [3.05, 3.63) is 144 Å². The summed E-state index contributed by atoms with van der Waals surface area (Å²) in [5, 5.41) is 28.9. The van der Waals surface area contributed by atoms with Crippen LogP contribution in [0.5, 0.6) is 0 Å². The molecule has 0 saturated heterocycles. The minimum Gasteiger partial charge on any atom is -0.514 e. The summed E-state index contributed by atoms with van der Waals surface area (Å²) < 4.78 is 14.7. The number of esters is 1. The van der Waals surface area contributed by atoms with Crippen LogP contribution in [0.15, 0.2) is 102 Å². The summed E-state index contributed by atoms with van der Waals surface area (Å²) in [5.74, 6) is 4.20. The van der Waals surface area contributed by atoms with Crippen LogP contribution in [-0.2, 0) is 46.0 Å². The Balaban J connectivity index is 0.000000140. The Morgan fingerprint density at radius 3 is 1.83 bits per heavy atom. The molecule has 2 aromatic carbocycles. The number of rotatable bonds is 8. The van der Waals surface area contributed by atoms with Gasteiger partial charge in [-0.2, -0.15) is 4.98 Å². The topological polar surface area (TPSA) is 199 Å². The summed E-state index contributed by atoms with van der Waals surface area (Å²) >= 11 is 0. The Labute approximate surface area is 365 Å². The first-order valence-electron chi connectivity index (χ1n) is 21.4. The monoisotopic (exact) mass is 845 g/mol. The summed E-state index contributed by atoms with van der Waals surface area (Å²) in [5.41, 5.74) is 15.8. The van der Waals surface area contributed by atoms with Crippen LogP contribution >= 0.6 is 0 Å². The number of carbonyl (C=O) groups excluding carboxylic acids is 1. The van der Waals surface area contributed by atoms with Gasteiger partial charge in [-0.3, -0.25) is 23.9 Å². The third-order valence-electron chi connectivity index (χ3n) is 12.5. The molecule has 322 valence electrons. The first-order chi connectivity index (χ1) is 30.4. The van der Waals surface area contributed by atoms with Gasteiger partial charge in [-0.25, -0.2) is 0 Å². The van der Waals surface area contributed by atoms with E-state index in [4.69, 9.17) is 20.1 Å². The van der Waals surface area contributed by atoms with E-state index in [0.717, 1.165) is 120 Å². The van der Waals surface area contributed by atoms with E-state index in [2.05, 4.69) is 101 Å². The van der Waals surface area contributed by atoms with Gasteiger partial charge in [0.25, 0.3) is 0 Å². The van der Waals surface area contributed by atoms with Crippen LogP contribution in [0.4, 0.5) is 0 Å². The number of ether oxygens (including phenoxy) is 1. The highest BCUT2D eigenvalue weighted by molar-refractivity contribution is 5.82. The third kappa shape index (κ3) is 8.34. The maximum Gasteiger partial charge on any atom is 0.315 e. The molecule has 11 rings (SSSR count). The van der Waals surface area contributed by atoms with E-state index in [1.807, 2.05) is 43.1 Å². The Hall–Kier alpha value is -7.03. The Morgan fingerprint density at radius 1 is 0.762 bits per heavy atom. The summed E-state index contributed by atoms with van der Waals surface area (Å²) in [6.45, 7) is 7.91. The normalized spacial score (nSPS) is 15.3. The maximum atomic E-state index is 12.1. The molecule has 4 aliphatic rings. The Bertz CT molecular complexity index is 2830. The third-order valence-corrected chi connectivity index (χ3v) is 12.5. The predicted octanol–water partition coefficient (Wildman–Crippen LogP) is 7.65. The molecule has 2 fully saturated rings. The fourth-order valence-corrected chi connectivity index (χ4v) is 8.05. The second-order valence-electron chi connectivity index (χ2n) is 17.7. The average molecular weight is 846 g/mol. The van der Waals surface area contributed by atoms with Crippen molar-refractivity contribution in [3.63, 3.8) is 0 Å². The van der Waals surface area contributed by atoms with Crippen molar-refractivity contribution in [2.45, 2.75) is 95.8 Å². The van der Waals surface area contributed by atoms with Crippen molar-refractivity contribution in [2.24, 2.45) is 11.7 Å². The molecule has 5 aromatic heterocycles. The number of pyridine rings is 2. The fraction of sp³-hybridized carbons (Fsp3) is 0.354. The van der Waals surface area contributed by atoms with E-state index >= 15 is 0 Å². The van der Waals surface area contributed by atoms with Gasteiger partial charge in [0.1, 0.15) is 24.3 Å². The minimum atomic E-state index is -0.747. The molecule has 0 bridgehead atoms. The highest BCUT2D eigenvalue weighted by Crippen LogP contribution is 2.40. The molecule has 0 unspecified atom stereocenters. The summed E-state index contributed by atoms with van der Waals surface area (Å²) in [4.78, 5) is 25.7. The zero-order valence-electron chi connectivity index (χ0n) is 36.2. The fourth-order valence-electron chi connectivity index (χ4n) is 8.05. The van der Waals surface area contributed by atoms with Gasteiger partial charge in [0.15, 0.2) is 5.82 Å². The van der Waals surface area contributed by atoms with Gasteiger partial charge in [0.2, 0.25) is 5.89 Å². The lowest BCUT2D eigenvalue weighted by atomic mass is 9.84. The zero-order chi connectivity index (χ0) is 43.9. The number of carbonyl (C=O) groups is 1. The Kier molecular flexibility index (Phi) is 10.9. The van der Waals surface area contributed by atoms with Gasteiger partial charge in [0.05, 0.1) is 35.6 Å². The smallest absolute Gasteiger partial charge is 0.315 e.